The standard InChI is InChI=1S/C20H18O7/c21-15-16(26-18(22)12-7-3-1-4-8-12)14-11-24-20(25-14)17(15)27-19(23)13-9-5-2-6-10-13/h1-10,14-17,20-21H,11H2/t14-,15+,16-,17+,20-/m1/s1. The molecule has 1 N–H and O–H groups in total. The Morgan fingerprint density at radius 3 is 1.93 bits per heavy atom. The molecular weight excluding hydrogens is 352 g/mol. The van der Waals surface area contributed by atoms with Crippen LogP contribution in [-0.2, 0) is 18.9 Å². The number of ether oxygens (including phenoxy) is 4. The van der Waals surface area contributed by atoms with Gasteiger partial charge in [-0.05, 0) is 24.3 Å². The summed E-state index contributed by atoms with van der Waals surface area (Å²) in [7, 11) is 0. The average Bonchev–Trinajstić information content (AvgIpc) is 3.15. The lowest BCUT2D eigenvalue weighted by Gasteiger charge is -2.36. The predicted molar refractivity (Wildman–Crippen MR) is 91.9 cm³/mol. The molecule has 4 rings (SSSR count). The van der Waals surface area contributed by atoms with Crippen LogP contribution in [0.5, 0.6) is 0 Å². The molecule has 2 fully saturated rings. The number of aliphatic hydroxyl groups is 1. The van der Waals surface area contributed by atoms with Gasteiger partial charge in [-0.1, -0.05) is 36.4 Å². The van der Waals surface area contributed by atoms with Gasteiger partial charge in [0.25, 0.3) is 0 Å². The Kier molecular flexibility index (Phi) is 4.89. The summed E-state index contributed by atoms with van der Waals surface area (Å²) in [4.78, 5) is 24.7. The van der Waals surface area contributed by atoms with Crippen LogP contribution in [0.1, 0.15) is 20.7 Å². The second-order valence-electron chi connectivity index (χ2n) is 6.34. The molecule has 0 radical (unpaired) electrons. The van der Waals surface area contributed by atoms with Gasteiger partial charge in [-0.3, -0.25) is 0 Å². The van der Waals surface area contributed by atoms with Crippen LogP contribution in [0.4, 0.5) is 0 Å². The van der Waals surface area contributed by atoms with E-state index >= 15 is 0 Å². The quantitative estimate of drug-likeness (QED) is 0.817. The first-order valence-electron chi connectivity index (χ1n) is 8.60. The van der Waals surface area contributed by atoms with Crippen molar-refractivity contribution in [3.05, 3.63) is 71.8 Å². The smallest absolute Gasteiger partial charge is 0.338 e. The molecule has 2 aliphatic heterocycles. The molecule has 2 saturated heterocycles. The molecule has 27 heavy (non-hydrogen) atoms. The van der Waals surface area contributed by atoms with Gasteiger partial charge >= 0.3 is 11.9 Å². The summed E-state index contributed by atoms with van der Waals surface area (Å²) in [5, 5.41) is 10.7. The van der Waals surface area contributed by atoms with Crippen molar-refractivity contribution in [2.24, 2.45) is 0 Å². The topological polar surface area (TPSA) is 91.3 Å². The van der Waals surface area contributed by atoms with Crippen LogP contribution in [0.25, 0.3) is 0 Å². The second kappa shape index (κ2) is 7.48. The van der Waals surface area contributed by atoms with E-state index in [1.165, 1.54) is 0 Å². The van der Waals surface area contributed by atoms with Crippen molar-refractivity contribution in [3.8, 4) is 0 Å². The van der Waals surface area contributed by atoms with E-state index in [2.05, 4.69) is 0 Å². The lowest BCUT2D eigenvalue weighted by atomic mass is 10.0. The number of fused-ring (bicyclic) bond motifs is 2. The normalized spacial score (nSPS) is 29.1. The summed E-state index contributed by atoms with van der Waals surface area (Å²) in [5.74, 6) is -1.22. The SMILES string of the molecule is O=C(O[C@@H]1[C@@H]2OC[C@@H](O2)[C@@H](OC(=O)c2ccccc2)[C@@H]1O)c1ccccc1. The van der Waals surface area contributed by atoms with Crippen LogP contribution in [0.2, 0.25) is 0 Å². The number of rotatable bonds is 4. The third-order valence-electron chi connectivity index (χ3n) is 4.55. The first kappa shape index (κ1) is 17.7. The average molecular weight is 370 g/mol. The molecular formula is C20H18O7. The summed E-state index contributed by atoms with van der Waals surface area (Å²) in [6.45, 7) is 0.133. The molecule has 5 atom stereocenters. The van der Waals surface area contributed by atoms with Gasteiger partial charge in [0.2, 0.25) is 0 Å². The number of aliphatic hydroxyl groups excluding tert-OH is 1. The Morgan fingerprint density at radius 2 is 1.37 bits per heavy atom. The highest BCUT2D eigenvalue weighted by molar-refractivity contribution is 5.90. The molecule has 0 saturated carbocycles. The monoisotopic (exact) mass is 370 g/mol. The van der Waals surface area contributed by atoms with E-state index in [1.807, 2.05) is 0 Å². The van der Waals surface area contributed by atoms with Crippen molar-refractivity contribution < 1.29 is 33.6 Å². The number of carbonyl (C=O) groups excluding carboxylic acids is 2. The zero-order chi connectivity index (χ0) is 18.8. The lowest BCUT2D eigenvalue weighted by molar-refractivity contribution is -0.228. The number of carbonyl (C=O) groups is 2. The van der Waals surface area contributed by atoms with Crippen molar-refractivity contribution in [2.45, 2.75) is 30.7 Å². The molecule has 2 aliphatic rings. The van der Waals surface area contributed by atoms with Gasteiger partial charge in [0.05, 0.1) is 17.7 Å². The molecule has 7 nitrogen and oxygen atoms in total. The van der Waals surface area contributed by atoms with Gasteiger partial charge in [0.1, 0.15) is 12.2 Å². The van der Waals surface area contributed by atoms with Gasteiger partial charge in [-0.25, -0.2) is 9.59 Å². The highest BCUT2D eigenvalue weighted by Gasteiger charge is 2.54. The van der Waals surface area contributed by atoms with Crippen LogP contribution >= 0.6 is 0 Å². The van der Waals surface area contributed by atoms with E-state index in [-0.39, 0.29) is 6.61 Å². The van der Waals surface area contributed by atoms with E-state index in [4.69, 9.17) is 18.9 Å². The summed E-state index contributed by atoms with van der Waals surface area (Å²) in [6.07, 6.45) is -4.90. The third kappa shape index (κ3) is 3.57. The van der Waals surface area contributed by atoms with Gasteiger partial charge in [-0.15, -0.1) is 0 Å². The summed E-state index contributed by atoms with van der Waals surface area (Å²) in [5.41, 5.74) is 0.686. The van der Waals surface area contributed by atoms with Crippen LogP contribution in [0, 0.1) is 0 Å². The van der Waals surface area contributed by atoms with Crippen LogP contribution in [-0.4, -0.2) is 54.4 Å². The number of esters is 2. The molecule has 7 heteroatoms. The van der Waals surface area contributed by atoms with E-state index < -0.39 is 42.6 Å². The molecule has 2 heterocycles. The van der Waals surface area contributed by atoms with Crippen LogP contribution in [0.3, 0.4) is 0 Å². The molecule has 0 spiro atoms. The van der Waals surface area contributed by atoms with E-state index in [1.54, 1.807) is 60.7 Å². The first-order valence-corrected chi connectivity index (χ1v) is 8.60. The van der Waals surface area contributed by atoms with Crippen molar-refractivity contribution >= 4 is 11.9 Å². The Bertz CT molecular complexity index is 740. The van der Waals surface area contributed by atoms with Gasteiger partial charge in [0.15, 0.2) is 18.5 Å². The lowest BCUT2D eigenvalue weighted by Crippen LogP contribution is -2.56. The van der Waals surface area contributed by atoms with E-state index in [0.29, 0.717) is 11.1 Å². The fraction of sp³-hybridized carbons (Fsp3) is 0.300. The maximum Gasteiger partial charge on any atom is 0.338 e. The van der Waals surface area contributed by atoms with Crippen LogP contribution < -0.4 is 0 Å². The fourth-order valence-corrected chi connectivity index (χ4v) is 3.16. The highest BCUT2D eigenvalue weighted by atomic mass is 16.8. The minimum atomic E-state index is -1.27. The number of hydrogen-bond donors (Lipinski definition) is 1. The molecule has 2 aromatic carbocycles. The molecule has 2 aromatic rings. The number of benzene rings is 2. The van der Waals surface area contributed by atoms with Gasteiger partial charge in [0, 0.05) is 0 Å². The summed E-state index contributed by atoms with van der Waals surface area (Å²) >= 11 is 0. The maximum absolute atomic E-state index is 12.3. The van der Waals surface area contributed by atoms with Crippen molar-refractivity contribution in [2.75, 3.05) is 6.61 Å². The van der Waals surface area contributed by atoms with E-state index in [9.17, 15) is 14.7 Å². The molecule has 0 aromatic heterocycles. The fourth-order valence-electron chi connectivity index (χ4n) is 3.16. The van der Waals surface area contributed by atoms with Crippen molar-refractivity contribution in [3.63, 3.8) is 0 Å². The molecule has 0 unspecified atom stereocenters. The molecule has 0 amide bonds. The van der Waals surface area contributed by atoms with E-state index in [0.717, 1.165) is 0 Å². The maximum atomic E-state index is 12.3. The number of hydrogen-bond acceptors (Lipinski definition) is 7. The van der Waals surface area contributed by atoms with Gasteiger partial charge in [-0.2, -0.15) is 0 Å². The van der Waals surface area contributed by atoms with Gasteiger partial charge < -0.3 is 24.1 Å². The minimum absolute atomic E-state index is 0.133. The third-order valence-corrected chi connectivity index (χ3v) is 4.55. The Hall–Kier alpha value is -2.74. The molecule has 0 aliphatic carbocycles. The predicted octanol–water partition coefficient (Wildman–Crippen LogP) is 1.55. The largest absolute Gasteiger partial charge is 0.453 e. The Balaban J connectivity index is 1.49. The van der Waals surface area contributed by atoms with Crippen molar-refractivity contribution in [1.82, 2.24) is 0 Å². The summed E-state index contributed by atoms with van der Waals surface area (Å²) in [6, 6.07) is 16.8. The van der Waals surface area contributed by atoms with Crippen LogP contribution in [0.15, 0.2) is 60.7 Å². The highest BCUT2D eigenvalue weighted by Crippen LogP contribution is 2.32. The Labute approximate surface area is 155 Å². The summed E-state index contributed by atoms with van der Waals surface area (Å²) < 4.78 is 22.0. The Morgan fingerprint density at radius 1 is 0.852 bits per heavy atom. The molecule has 140 valence electrons. The molecule has 2 bridgehead atoms. The zero-order valence-corrected chi connectivity index (χ0v) is 14.3. The minimum Gasteiger partial charge on any atom is -0.453 e. The first-order chi connectivity index (χ1) is 13.1. The van der Waals surface area contributed by atoms with Crippen molar-refractivity contribution in [1.29, 1.82) is 0 Å². The second-order valence-corrected chi connectivity index (χ2v) is 6.34. The zero-order valence-electron chi connectivity index (χ0n) is 14.3.